The first-order valence-electron chi connectivity index (χ1n) is 12.0. The second kappa shape index (κ2) is 8.26. The van der Waals surface area contributed by atoms with Gasteiger partial charge in [-0.25, -0.2) is 0 Å². The van der Waals surface area contributed by atoms with Gasteiger partial charge in [0, 0.05) is 24.1 Å². The number of imide groups is 1. The summed E-state index contributed by atoms with van der Waals surface area (Å²) in [6.45, 7) is 5.79. The third-order valence-electron chi connectivity index (χ3n) is 7.01. The van der Waals surface area contributed by atoms with Gasteiger partial charge in [0.15, 0.2) is 5.78 Å². The smallest absolute Gasteiger partial charge is 0.317 e. The number of hydrogen-bond donors (Lipinski definition) is 0. The molecule has 2 aromatic rings. The molecule has 35 heavy (non-hydrogen) atoms. The van der Waals surface area contributed by atoms with Crippen LogP contribution in [0.25, 0.3) is 0 Å². The maximum atomic E-state index is 13.2. The van der Waals surface area contributed by atoms with Crippen LogP contribution in [0.1, 0.15) is 88.7 Å². The molecule has 2 amide bonds. The molecule has 2 heterocycles. The second-order valence-electron chi connectivity index (χ2n) is 10.4. The Morgan fingerprint density at radius 2 is 1.63 bits per heavy atom. The van der Waals surface area contributed by atoms with Crippen LogP contribution >= 0.6 is 0 Å². The van der Waals surface area contributed by atoms with Gasteiger partial charge < -0.3 is 4.74 Å². The highest BCUT2D eigenvalue weighted by atomic mass is 16.6. The summed E-state index contributed by atoms with van der Waals surface area (Å²) in [4.78, 5) is 57.8. The number of benzene rings is 2. The van der Waals surface area contributed by atoms with Crippen LogP contribution in [-0.4, -0.2) is 52.9 Å². The predicted octanol–water partition coefficient (Wildman–Crippen LogP) is 4.12. The first-order valence-corrected chi connectivity index (χ1v) is 12.0. The Kier molecular flexibility index (Phi) is 5.46. The standard InChI is InChI=1S/C28H28N2O5/c1-27(2,3)35-26(34)28(12-6-13-28)17-9-10-18-21(15-17)22(29-14-11-23(18)31)16-30-24(32)19-7-4-5-8-20(19)25(30)33/h4-5,7-10,15H,6,11-14,16H2,1-3H3. The summed E-state index contributed by atoms with van der Waals surface area (Å²) < 4.78 is 5.75. The maximum absolute atomic E-state index is 13.2. The molecule has 0 spiro atoms. The van der Waals surface area contributed by atoms with Gasteiger partial charge in [0.1, 0.15) is 5.60 Å². The lowest BCUT2D eigenvalue weighted by Crippen LogP contribution is -2.46. The fraction of sp³-hybridized carbons (Fsp3) is 0.393. The molecule has 7 heteroatoms. The molecule has 5 rings (SSSR count). The molecule has 0 N–H and O–H groups in total. The van der Waals surface area contributed by atoms with Gasteiger partial charge in [-0.2, -0.15) is 0 Å². The molecule has 2 aliphatic heterocycles. The summed E-state index contributed by atoms with van der Waals surface area (Å²) in [5, 5.41) is 0. The molecule has 0 bridgehead atoms. The van der Waals surface area contributed by atoms with Crippen molar-refractivity contribution in [1.29, 1.82) is 0 Å². The van der Waals surface area contributed by atoms with Crippen LogP contribution < -0.4 is 0 Å². The van der Waals surface area contributed by atoms with Crippen LogP contribution in [-0.2, 0) is 14.9 Å². The lowest BCUT2D eigenvalue weighted by molar-refractivity contribution is -0.166. The van der Waals surface area contributed by atoms with E-state index in [1.54, 1.807) is 30.3 Å². The van der Waals surface area contributed by atoms with Crippen molar-refractivity contribution in [3.63, 3.8) is 0 Å². The number of carbonyl (C=O) groups is 4. The number of carbonyl (C=O) groups excluding carboxylic acids is 4. The summed E-state index contributed by atoms with van der Waals surface area (Å²) >= 11 is 0. The highest BCUT2D eigenvalue weighted by Crippen LogP contribution is 2.46. The van der Waals surface area contributed by atoms with Crippen molar-refractivity contribution in [2.75, 3.05) is 13.1 Å². The molecule has 1 fully saturated rings. The van der Waals surface area contributed by atoms with Crippen molar-refractivity contribution in [2.45, 2.75) is 57.5 Å². The minimum atomic E-state index is -0.766. The Hall–Kier alpha value is -3.61. The van der Waals surface area contributed by atoms with Gasteiger partial charge >= 0.3 is 5.97 Å². The Bertz CT molecular complexity index is 1260. The molecule has 0 unspecified atom stereocenters. The zero-order valence-corrected chi connectivity index (χ0v) is 20.2. The predicted molar refractivity (Wildman–Crippen MR) is 130 cm³/mol. The number of ketones is 1. The van der Waals surface area contributed by atoms with Crippen molar-refractivity contribution in [1.82, 2.24) is 4.90 Å². The van der Waals surface area contributed by atoms with E-state index in [-0.39, 0.29) is 43.1 Å². The van der Waals surface area contributed by atoms with Crippen molar-refractivity contribution < 1.29 is 23.9 Å². The second-order valence-corrected chi connectivity index (χ2v) is 10.4. The highest BCUT2D eigenvalue weighted by Gasteiger charge is 2.48. The van der Waals surface area contributed by atoms with Gasteiger partial charge in [-0.1, -0.05) is 30.7 Å². The van der Waals surface area contributed by atoms with Crippen LogP contribution in [0.2, 0.25) is 0 Å². The largest absolute Gasteiger partial charge is 0.459 e. The van der Waals surface area contributed by atoms with Crippen molar-refractivity contribution in [3.8, 4) is 0 Å². The monoisotopic (exact) mass is 472 g/mol. The molecule has 2 aromatic carbocycles. The summed E-state index contributed by atoms with van der Waals surface area (Å²) in [5.74, 6) is -1.06. The van der Waals surface area contributed by atoms with Gasteiger partial charge in [0.2, 0.25) is 0 Å². The number of hydrogen-bond acceptors (Lipinski definition) is 6. The first kappa shape index (κ1) is 23.1. The summed E-state index contributed by atoms with van der Waals surface area (Å²) in [5.41, 5.74) is 1.72. The molecular formula is C28H28N2O5. The number of fused-ring (bicyclic) bond motifs is 2. The Labute approximate surface area is 204 Å². The van der Waals surface area contributed by atoms with E-state index in [1.165, 1.54) is 4.90 Å². The van der Waals surface area contributed by atoms with E-state index in [9.17, 15) is 19.2 Å². The van der Waals surface area contributed by atoms with Crippen LogP contribution in [0.15, 0.2) is 47.5 Å². The summed E-state index contributed by atoms with van der Waals surface area (Å²) in [7, 11) is 0. The lowest BCUT2D eigenvalue weighted by Gasteiger charge is -2.41. The van der Waals surface area contributed by atoms with Crippen molar-refractivity contribution >= 4 is 29.3 Å². The number of nitrogens with zero attached hydrogens (tertiary/aromatic N) is 2. The summed E-state index contributed by atoms with van der Waals surface area (Å²) in [6.07, 6.45) is 2.49. The number of amides is 2. The van der Waals surface area contributed by atoms with Gasteiger partial charge in [0.05, 0.1) is 28.8 Å². The molecule has 3 aliphatic rings. The average Bonchev–Trinajstić information content (AvgIpc) is 2.90. The molecule has 1 saturated carbocycles. The van der Waals surface area contributed by atoms with Gasteiger partial charge in [-0.05, 0) is 57.4 Å². The number of ether oxygens (including phenoxy) is 1. The van der Waals surface area contributed by atoms with E-state index in [4.69, 9.17) is 4.74 Å². The zero-order chi connectivity index (χ0) is 25.0. The van der Waals surface area contributed by atoms with E-state index < -0.39 is 11.0 Å². The topological polar surface area (TPSA) is 93.1 Å². The molecule has 7 nitrogen and oxygen atoms in total. The molecular weight excluding hydrogens is 444 g/mol. The number of Topliss-reactive ketones (excluding diaryl/α,β-unsaturated/α-hetero) is 1. The van der Waals surface area contributed by atoms with E-state index in [0.29, 0.717) is 40.8 Å². The fourth-order valence-corrected chi connectivity index (χ4v) is 5.02. The minimum absolute atomic E-state index is 0.0322. The van der Waals surface area contributed by atoms with Gasteiger partial charge in [-0.15, -0.1) is 0 Å². The zero-order valence-electron chi connectivity index (χ0n) is 20.2. The van der Waals surface area contributed by atoms with Crippen LogP contribution in [0, 0.1) is 0 Å². The number of aliphatic imine (C=N–C) groups is 1. The lowest BCUT2D eigenvalue weighted by atomic mass is 9.64. The quantitative estimate of drug-likeness (QED) is 0.493. The molecule has 0 radical (unpaired) electrons. The fourth-order valence-electron chi connectivity index (χ4n) is 5.02. The average molecular weight is 473 g/mol. The van der Waals surface area contributed by atoms with E-state index in [2.05, 4.69) is 4.99 Å². The van der Waals surface area contributed by atoms with E-state index >= 15 is 0 Å². The van der Waals surface area contributed by atoms with Crippen LogP contribution in [0.5, 0.6) is 0 Å². The van der Waals surface area contributed by atoms with Crippen molar-refractivity contribution in [2.24, 2.45) is 4.99 Å². The van der Waals surface area contributed by atoms with Crippen LogP contribution in [0.3, 0.4) is 0 Å². The number of esters is 1. The molecule has 1 aliphatic carbocycles. The molecule has 0 atom stereocenters. The molecule has 0 aromatic heterocycles. The Morgan fingerprint density at radius 3 is 2.20 bits per heavy atom. The molecule has 180 valence electrons. The normalized spacial score (nSPS) is 18.9. The third-order valence-corrected chi connectivity index (χ3v) is 7.01. The first-order chi connectivity index (χ1) is 16.6. The third kappa shape index (κ3) is 3.89. The highest BCUT2D eigenvalue weighted by molar-refractivity contribution is 6.24. The minimum Gasteiger partial charge on any atom is -0.459 e. The van der Waals surface area contributed by atoms with E-state index in [1.807, 2.05) is 32.9 Å². The van der Waals surface area contributed by atoms with E-state index in [0.717, 1.165) is 12.0 Å². The van der Waals surface area contributed by atoms with Crippen molar-refractivity contribution in [3.05, 3.63) is 70.3 Å². The van der Waals surface area contributed by atoms with Gasteiger partial charge in [-0.3, -0.25) is 29.1 Å². The van der Waals surface area contributed by atoms with Crippen LogP contribution in [0.4, 0.5) is 0 Å². The SMILES string of the molecule is CC(C)(C)OC(=O)C1(c2ccc3c(c2)C(CN2C(=O)c4ccccc4C2=O)=NCCC3=O)CCC1. The Balaban J connectivity index is 1.52. The summed E-state index contributed by atoms with van der Waals surface area (Å²) in [6, 6.07) is 12.2. The number of rotatable bonds is 4. The molecule has 0 saturated heterocycles. The Morgan fingerprint density at radius 1 is 0.971 bits per heavy atom. The van der Waals surface area contributed by atoms with Gasteiger partial charge in [0.25, 0.3) is 11.8 Å². The maximum Gasteiger partial charge on any atom is 0.317 e.